The van der Waals surface area contributed by atoms with E-state index in [0.717, 1.165) is 29.1 Å². The smallest absolute Gasteiger partial charge is 0.138 e. The SMILES string of the molecule is COc1ccc(Cc2nc3ccccn3c2N)cc1. The molecule has 0 aliphatic rings. The topological polar surface area (TPSA) is 52.5 Å². The van der Waals surface area contributed by atoms with Crippen LogP contribution in [0.25, 0.3) is 5.65 Å². The van der Waals surface area contributed by atoms with Crippen LogP contribution in [-0.2, 0) is 6.42 Å². The number of pyridine rings is 1. The maximum Gasteiger partial charge on any atom is 0.138 e. The van der Waals surface area contributed by atoms with Crippen molar-refractivity contribution in [3.05, 3.63) is 59.9 Å². The predicted octanol–water partition coefficient (Wildman–Crippen LogP) is 2.52. The van der Waals surface area contributed by atoms with Crippen molar-refractivity contribution in [2.75, 3.05) is 12.8 Å². The van der Waals surface area contributed by atoms with Gasteiger partial charge in [-0.3, -0.25) is 4.40 Å². The van der Waals surface area contributed by atoms with Crippen molar-refractivity contribution in [1.82, 2.24) is 9.38 Å². The van der Waals surface area contributed by atoms with Gasteiger partial charge in [-0.2, -0.15) is 0 Å². The second-order valence-electron chi connectivity index (χ2n) is 4.40. The van der Waals surface area contributed by atoms with Gasteiger partial charge in [-0.25, -0.2) is 4.98 Å². The van der Waals surface area contributed by atoms with Crippen LogP contribution in [0.5, 0.6) is 5.75 Å². The number of fused-ring (bicyclic) bond motifs is 1. The Labute approximate surface area is 111 Å². The van der Waals surface area contributed by atoms with Crippen LogP contribution < -0.4 is 10.5 Å². The quantitative estimate of drug-likeness (QED) is 0.780. The fourth-order valence-corrected chi connectivity index (χ4v) is 2.13. The number of anilines is 1. The molecule has 0 aliphatic carbocycles. The van der Waals surface area contributed by atoms with Crippen LogP contribution >= 0.6 is 0 Å². The third-order valence-electron chi connectivity index (χ3n) is 3.17. The summed E-state index contributed by atoms with van der Waals surface area (Å²) >= 11 is 0. The molecule has 2 aromatic heterocycles. The zero-order valence-corrected chi connectivity index (χ0v) is 10.7. The van der Waals surface area contributed by atoms with Crippen LogP contribution in [0, 0.1) is 0 Å². The molecular formula is C15H15N3O. The van der Waals surface area contributed by atoms with Crippen LogP contribution in [0.1, 0.15) is 11.3 Å². The highest BCUT2D eigenvalue weighted by atomic mass is 16.5. The molecule has 4 nitrogen and oxygen atoms in total. The van der Waals surface area contributed by atoms with Crippen LogP contribution in [0.4, 0.5) is 5.82 Å². The van der Waals surface area contributed by atoms with Gasteiger partial charge in [0.15, 0.2) is 0 Å². The van der Waals surface area contributed by atoms with E-state index in [9.17, 15) is 0 Å². The van der Waals surface area contributed by atoms with Crippen molar-refractivity contribution >= 4 is 11.5 Å². The Kier molecular flexibility index (Phi) is 2.83. The van der Waals surface area contributed by atoms with Crippen LogP contribution in [0.15, 0.2) is 48.7 Å². The number of aromatic nitrogens is 2. The lowest BCUT2D eigenvalue weighted by Crippen LogP contribution is -1.97. The minimum absolute atomic E-state index is 0.700. The average molecular weight is 253 g/mol. The number of benzene rings is 1. The van der Waals surface area contributed by atoms with Gasteiger partial charge in [-0.1, -0.05) is 18.2 Å². The van der Waals surface area contributed by atoms with Gasteiger partial charge in [0, 0.05) is 12.6 Å². The first-order chi connectivity index (χ1) is 9.28. The molecule has 0 amide bonds. The maximum atomic E-state index is 6.12. The fourth-order valence-electron chi connectivity index (χ4n) is 2.13. The monoisotopic (exact) mass is 253 g/mol. The third-order valence-corrected chi connectivity index (χ3v) is 3.17. The number of methoxy groups -OCH3 is 1. The summed E-state index contributed by atoms with van der Waals surface area (Å²) in [5.74, 6) is 1.55. The molecule has 0 saturated carbocycles. The van der Waals surface area contributed by atoms with Crippen molar-refractivity contribution in [3.63, 3.8) is 0 Å². The van der Waals surface area contributed by atoms with Gasteiger partial charge in [-0.05, 0) is 29.8 Å². The highest BCUT2D eigenvalue weighted by Crippen LogP contribution is 2.19. The summed E-state index contributed by atoms with van der Waals surface area (Å²) in [5.41, 5.74) is 9.06. The standard InChI is InChI=1S/C15H15N3O/c1-19-12-7-5-11(6-8-12)10-13-15(16)18-9-3-2-4-14(18)17-13/h2-9H,10,16H2,1H3. The van der Waals surface area contributed by atoms with Gasteiger partial charge in [0.25, 0.3) is 0 Å². The van der Waals surface area contributed by atoms with Gasteiger partial charge in [0.1, 0.15) is 17.2 Å². The summed E-state index contributed by atoms with van der Waals surface area (Å²) in [6.45, 7) is 0. The van der Waals surface area contributed by atoms with E-state index in [1.807, 2.05) is 53.1 Å². The van der Waals surface area contributed by atoms with Crippen molar-refractivity contribution in [1.29, 1.82) is 0 Å². The van der Waals surface area contributed by atoms with E-state index in [0.29, 0.717) is 5.82 Å². The molecule has 1 aromatic carbocycles. The van der Waals surface area contributed by atoms with E-state index in [2.05, 4.69) is 4.98 Å². The van der Waals surface area contributed by atoms with E-state index in [4.69, 9.17) is 10.5 Å². The molecule has 0 atom stereocenters. The molecule has 0 unspecified atom stereocenters. The predicted molar refractivity (Wildman–Crippen MR) is 75.4 cm³/mol. The summed E-state index contributed by atoms with van der Waals surface area (Å²) in [4.78, 5) is 4.56. The lowest BCUT2D eigenvalue weighted by Gasteiger charge is -2.02. The molecule has 0 bridgehead atoms. The van der Waals surface area contributed by atoms with Gasteiger partial charge in [0.2, 0.25) is 0 Å². The number of rotatable bonds is 3. The zero-order valence-electron chi connectivity index (χ0n) is 10.7. The Morgan fingerprint density at radius 3 is 2.63 bits per heavy atom. The lowest BCUT2D eigenvalue weighted by atomic mass is 10.1. The molecule has 0 radical (unpaired) electrons. The average Bonchev–Trinajstić information content (AvgIpc) is 2.77. The molecule has 19 heavy (non-hydrogen) atoms. The normalized spacial score (nSPS) is 10.8. The largest absolute Gasteiger partial charge is 0.497 e. The van der Waals surface area contributed by atoms with Gasteiger partial charge in [-0.15, -0.1) is 0 Å². The third kappa shape index (κ3) is 2.12. The Hall–Kier alpha value is -2.49. The first-order valence-electron chi connectivity index (χ1n) is 6.12. The van der Waals surface area contributed by atoms with Gasteiger partial charge in [0.05, 0.1) is 12.8 Å². The number of nitrogen functional groups attached to an aromatic ring is 1. The number of hydrogen-bond donors (Lipinski definition) is 1. The summed E-state index contributed by atoms with van der Waals surface area (Å²) < 4.78 is 7.05. The van der Waals surface area contributed by atoms with E-state index in [1.54, 1.807) is 7.11 Å². The summed E-state index contributed by atoms with van der Waals surface area (Å²) in [6, 6.07) is 13.8. The summed E-state index contributed by atoms with van der Waals surface area (Å²) in [6.07, 6.45) is 2.65. The van der Waals surface area contributed by atoms with E-state index < -0.39 is 0 Å². The molecule has 0 aliphatic heterocycles. The molecule has 0 saturated heterocycles. The van der Waals surface area contributed by atoms with Crippen molar-refractivity contribution < 1.29 is 4.74 Å². The first kappa shape index (κ1) is 11.6. The number of hydrogen-bond acceptors (Lipinski definition) is 3. The molecular weight excluding hydrogens is 238 g/mol. The fraction of sp³-hybridized carbons (Fsp3) is 0.133. The molecule has 2 heterocycles. The molecule has 0 spiro atoms. The lowest BCUT2D eigenvalue weighted by molar-refractivity contribution is 0.414. The van der Waals surface area contributed by atoms with Crippen molar-refractivity contribution in [3.8, 4) is 5.75 Å². The van der Waals surface area contributed by atoms with Crippen molar-refractivity contribution in [2.45, 2.75) is 6.42 Å². The zero-order chi connectivity index (χ0) is 13.2. The molecule has 0 fully saturated rings. The van der Waals surface area contributed by atoms with E-state index >= 15 is 0 Å². The van der Waals surface area contributed by atoms with E-state index in [-0.39, 0.29) is 0 Å². The summed E-state index contributed by atoms with van der Waals surface area (Å²) in [5, 5.41) is 0. The first-order valence-corrected chi connectivity index (χ1v) is 6.12. The number of imidazole rings is 1. The molecule has 3 rings (SSSR count). The Balaban J connectivity index is 1.94. The van der Waals surface area contributed by atoms with Gasteiger partial charge >= 0.3 is 0 Å². The number of nitrogens with two attached hydrogens (primary N) is 1. The Morgan fingerprint density at radius 1 is 1.16 bits per heavy atom. The Morgan fingerprint density at radius 2 is 1.95 bits per heavy atom. The van der Waals surface area contributed by atoms with Crippen LogP contribution in [0.3, 0.4) is 0 Å². The van der Waals surface area contributed by atoms with Crippen LogP contribution in [-0.4, -0.2) is 16.5 Å². The summed E-state index contributed by atoms with van der Waals surface area (Å²) in [7, 11) is 1.66. The minimum Gasteiger partial charge on any atom is -0.497 e. The number of ether oxygens (including phenoxy) is 1. The molecule has 2 N–H and O–H groups in total. The second-order valence-corrected chi connectivity index (χ2v) is 4.40. The second kappa shape index (κ2) is 4.65. The minimum atomic E-state index is 0.700. The molecule has 96 valence electrons. The van der Waals surface area contributed by atoms with Crippen LogP contribution in [0.2, 0.25) is 0 Å². The number of nitrogens with zero attached hydrogens (tertiary/aromatic N) is 2. The highest BCUT2D eigenvalue weighted by molar-refractivity contribution is 5.53. The maximum absolute atomic E-state index is 6.12. The van der Waals surface area contributed by atoms with E-state index in [1.165, 1.54) is 0 Å². The molecule has 4 heteroatoms. The molecule has 3 aromatic rings. The Bertz CT molecular complexity index is 701. The highest BCUT2D eigenvalue weighted by Gasteiger charge is 2.09. The van der Waals surface area contributed by atoms with Crippen molar-refractivity contribution in [2.24, 2.45) is 0 Å². The van der Waals surface area contributed by atoms with Gasteiger partial charge < -0.3 is 10.5 Å².